The second-order valence-electron chi connectivity index (χ2n) is 5.86. The molecule has 2 atom stereocenters. The number of ether oxygens (including phenoxy) is 1. The molecular weight excluding hydrogens is 286 g/mol. The fraction of sp³-hybridized carbons (Fsp3) is 0.625. The van der Waals surface area contributed by atoms with Gasteiger partial charge in [0.2, 0.25) is 0 Å². The van der Waals surface area contributed by atoms with Crippen LogP contribution in [-0.2, 0) is 11.2 Å². The molecule has 3 N–H and O–H groups in total. The van der Waals surface area contributed by atoms with E-state index in [1.807, 2.05) is 12.1 Å². The summed E-state index contributed by atoms with van der Waals surface area (Å²) in [5.74, 6) is 5.88. The van der Waals surface area contributed by atoms with Crippen LogP contribution in [0, 0.1) is 0 Å². The summed E-state index contributed by atoms with van der Waals surface area (Å²) in [7, 11) is 0. The van der Waals surface area contributed by atoms with Crippen molar-refractivity contribution in [2.45, 2.75) is 38.3 Å². The smallest absolute Gasteiger partial charge is 0.0594 e. The van der Waals surface area contributed by atoms with Gasteiger partial charge in [-0.25, -0.2) is 0 Å². The summed E-state index contributed by atoms with van der Waals surface area (Å²) < 4.78 is 5.48. The second-order valence-corrected chi connectivity index (χ2v) is 6.30. The minimum atomic E-state index is 0.0121. The van der Waals surface area contributed by atoms with Gasteiger partial charge in [0.1, 0.15) is 0 Å². The highest BCUT2D eigenvalue weighted by Crippen LogP contribution is 2.27. The van der Waals surface area contributed by atoms with Crippen LogP contribution in [0.25, 0.3) is 0 Å². The number of benzene rings is 1. The maximum absolute atomic E-state index is 5.96. The van der Waals surface area contributed by atoms with Gasteiger partial charge in [0.15, 0.2) is 0 Å². The van der Waals surface area contributed by atoms with E-state index < -0.39 is 0 Å². The molecule has 1 aliphatic heterocycles. The number of hydrogen-bond acceptors (Lipinski definition) is 4. The first kappa shape index (κ1) is 16.7. The molecule has 0 aliphatic carbocycles. The summed E-state index contributed by atoms with van der Waals surface area (Å²) >= 11 is 5.96. The average Bonchev–Trinajstić information content (AvgIpc) is 2.54. The van der Waals surface area contributed by atoms with Crippen LogP contribution in [0.2, 0.25) is 5.02 Å². The number of rotatable bonds is 6. The van der Waals surface area contributed by atoms with Crippen molar-refractivity contribution in [1.82, 2.24) is 10.3 Å². The van der Waals surface area contributed by atoms with E-state index in [2.05, 4.69) is 36.3 Å². The normalized spacial score (nSPS) is 21.0. The van der Waals surface area contributed by atoms with E-state index in [0.717, 1.165) is 44.2 Å². The SMILES string of the molecule is CCC(C)(C(Cc1ccc(Cl)cc1)NN)N1CCOCC1. The Labute approximate surface area is 132 Å². The van der Waals surface area contributed by atoms with Gasteiger partial charge in [-0.05, 0) is 37.5 Å². The number of hydrogen-bond donors (Lipinski definition) is 2. The summed E-state index contributed by atoms with van der Waals surface area (Å²) in [4.78, 5) is 2.50. The monoisotopic (exact) mass is 311 g/mol. The molecule has 2 rings (SSSR count). The molecular formula is C16H26ClN3O. The molecule has 1 fully saturated rings. The highest BCUT2D eigenvalue weighted by Gasteiger charge is 2.38. The van der Waals surface area contributed by atoms with Crippen molar-refractivity contribution < 1.29 is 4.74 Å². The number of nitrogens with zero attached hydrogens (tertiary/aromatic N) is 1. The van der Waals surface area contributed by atoms with Crippen LogP contribution < -0.4 is 11.3 Å². The van der Waals surface area contributed by atoms with Gasteiger partial charge in [-0.2, -0.15) is 0 Å². The Morgan fingerprint density at radius 2 is 1.95 bits per heavy atom. The highest BCUT2D eigenvalue weighted by atomic mass is 35.5. The van der Waals surface area contributed by atoms with Gasteiger partial charge in [0.05, 0.1) is 13.2 Å². The molecule has 4 nitrogen and oxygen atoms in total. The van der Waals surface area contributed by atoms with E-state index in [-0.39, 0.29) is 11.6 Å². The summed E-state index contributed by atoms with van der Waals surface area (Å²) in [6.07, 6.45) is 1.92. The molecule has 21 heavy (non-hydrogen) atoms. The zero-order chi connectivity index (χ0) is 15.3. The number of halogens is 1. The molecule has 2 unspecified atom stereocenters. The summed E-state index contributed by atoms with van der Waals surface area (Å²) in [5, 5.41) is 0.766. The molecule has 1 heterocycles. The summed E-state index contributed by atoms with van der Waals surface area (Å²) in [6, 6.07) is 8.19. The van der Waals surface area contributed by atoms with Crippen LogP contribution >= 0.6 is 11.6 Å². The van der Waals surface area contributed by atoms with Gasteiger partial charge < -0.3 is 4.74 Å². The van der Waals surface area contributed by atoms with E-state index in [1.165, 1.54) is 5.56 Å². The van der Waals surface area contributed by atoms with Crippen molar-refractivity contribution in [2.24, 2.45) is 5.84 Å². The molecule has 1 aromatic carbocycles. The van der Waals surface area contributed by atoms with Gasteiger partial charge in [0, 0.05) is 29.7 Å². The summed E-state index contributed by atoms with van der Waals surface area (Å²) in [6.45, 7) is 8.04. The first-order chi connectivity index (χ1) is 10.1. The summed E-state index contributed by atoms with van der Waals surface area (Å²) in [5.41, 5.74) is 4.30. The fourth-order valence-electron chi connectivity index (χ4n) is 3.08. The van der Waals surface area contributed by atoms with Crippen LogP contribution in [0.1, 0.15) is 25.8 Å². The third-order valence-corrected chi connectivity index (χ3v) is 5.01. The molecule has 0 amide bonds. The van der Waals surface area contributed by atoms with Crippen molar-refractivity contribution in [2.75, 3.05) is 26.3 Å². The molecule has 0 aromatic heterocycles. The largest absolute Gasteiger partial charge is 0.379 e. The molecule has 0 radical (unpaired) electrons. The zero-order valence-corrected chi connectivity index (χ0v) is 13.7. The molecule has 0 spiro atoms. The predicted molar refractivity (Wildman–Crippen MR) is 87.4 cm³/mol. The Morgan fingerprint density at radius 1 is 1.33 bits per heavy atom. The van der Waals surface area contributed by atoms with Gasteiger partial charge in [-0.15, -0.1) is 0 Å². The van der Waals surface area contributed by atoms with Crippen molar-refractivity contribution in [3.05, 3.63) is 34.9 Å². The Bertz CT molecular complexity index is 434. The third-order valence-electron chi connectivity index (χ3n) is 4.75. The lowest BCUT2D eigenvalue weighted by atomic mass is 9.83. The van der Waals surface area contributed by atoms with E-state index in [1.54, 1.807) is 0 Å². The van der Waals surface area contributed by atoms with Crippen molar-refractivity contribution in [1.29, 1.82) is 0 Å². The zero-order valence-electron chi connectivity index (χ0n) is 12.9. The topological polar surface area (TPSA) is 50.5 Å². The maximum Gasteiger partial charge on any atom is 0.0594 e. The van der Waals surface area contributed by atoms with Crippen LogP contribution in [-0.4, -0.2) is 42.8 Å². The van der Waals surface area contributed by atoms with Crippen LogP contribution in [0.4, 0.5) is 0 Å². The van der Waals surface area contributed by atoms with Crippen molar-refractivity contribution in [3.63, 3.8) is 0 Å². The first-order valence-corrected chi connectivity index (χ1v) is 8.01. The third kappa shape index (κ3) is 3.96. The Morgan fingerprint density at radius 3 is 2.48 bits per heavy atom. The standard InChI is InChI=1S/C16H26ClN3O/c1-3-16(2,20-8-10-21-11-9-20)15(19-18)12-13-4-6-14(17)7-5-13/h4-7,15,19H,3,8-12,18H2,1-2H3. The minimum Gasteiger partial charge on any atom is -0.379 e. The molecule has 118 valence electrons. The predicted octanol–water partition coefficient (Wildman–Crippen LogP) is 2.22. The van der Waals surface area contributed by atoms with E-state index in [0.29, 0.717) is 0 Å². The maximum atomic E-state index is 5.96. The molecule has 5 heteroatoms. The average molecular weight is 312 g/mol. The number of nitrogens with two attached hydrogens (primary N) is 1. The molecule has 0 saturated carbocycles. The Hall–Kier alpha value is -0.650. The molecule has 1 saturated heterocycles. The first-order valence-electron chi connectivity index (χ1n) is 7.63. The second kappa shape index (κ2) is 7.56. The van der Waals surface area contributed by atoms with E-state index >= 15 is 0 Å². The lowest BCUT2D eigenvalue weighted by molar-refractivity contribution is -0.0322. The number of hydrazine groups is 1. The van der Waals surface area contributed by atoms with Gasteiger partial charge >= 0.3 is 0 Å². The minimum absolute atomic E-state index is 0.0121. The number of nitrogens with one attached hydrogen (secondary N) is 1. The molecule has 1 aromatic rings. The van der Waals surface area contributed by atoms with Gasteiger partial charge in [0.25, 0.3) is 0 Å². The van der Waals surface area contributed by atoms with E-state index in [4.69, 9.17) is 22.2 Å². The number of morpholine rings is 1. The lowest BCUT2D eigenvalue weighted by Gasteiger charge is -2.47. The Balaban J connectivity index is 2.13. The van der Waals surface area contributed by atoms with Crippen LogP contribution in [0.3, 0.4) is 0 Å². The van der Waals surface area contributed by atoms with Crippen LogP contribution in [0.15, 0.2) is 24.3 Å². The van der Waals surface area contributed by atoms with Gasteiger partial charge in [-0.1, -0.05) is 30.7 Å². The van der Waals surface area contributed by atoms with Crippen LogP contribution in [0.5, 0.6) is 0 Å². The van der Waals surface area contributed by atoms with E-state index in [9.17, 15) is 0 Å². The molecule has 0 bridgehead atoms. The molecule has 1 aliphatic rings. The quantitative estimate of drug-likeness (QED) is 0.625. The fourth-order valence-corrected chi connectivity index (χ4v) is 3.21. The van der Waals surface area contributed by atoms with Gasteiger partial charge in [-0.3, -0.25) is 16.2 Å². The highest BCUT2D eigenvalue weighted by molar-refractivity contribution is 6.30. The van der Waals surface area contributed by atoms with Crippen molar-refractivity contribution >= 4 is 11.6 Å². The van der Waals surface area contributed by atoms with Crippen molar-refractivity contribution in [3.8, 4) is 0 Å². The Kier molecular flexibility index (Phi) is 6.02. The lowest BCUT2D eigenvalue weighted by Crippen LogP contribution is -2.63.